The number of hydrogen-bond acceptors (Lipinski definition) is 3. The van der Waals surface area contributed by atoms with E-state index in [1.807, 2.05) is 35.7 Å². The van der Waals surface area contributed by atoms with E-state index in [0.29, 0.717) is 4.21 Å². The summed E-state index contributed by atoms with van der Waals surface area (Å²) in [4.78, 5) is 0. The van der Waals surface area contributed by atoms with Crippen molar-refractivity contribution < 1.29 is 8.76 Å². The Labute approximate surface area is 88.5 Å². The van der Waals surface area contributed by atoms with Gasteiger partial charge in [-0.1, -0.05) is 30.3 Å². The van der Waals surface area contributed by atoms with Crippen LogP contribution >= 0.6 is 11.3 Å². The highest BCUT2D eigenvalue weighted by Crippen LogP contribution is 2.26. The second-order valence-corrected chi connectivity index (χ2v) is 4.83. The average molecular weight is 223 g/mol. The molecule has 1 atom stereocenters. The molecule has 2 nitrogen and oxygen atoms in total. The quantitative estimate of drug-likeness (QED) is 0.734. The average Bonchev–Trinajstić information content (AvgIpc) is 2.68. The largest absolute Gasteiger partial charge is 0.768 e. The van der Waals surface area contributed by atoms with Gasteiger partial charge in [0, 0.05) is 0 Å². The van der Waals surface area contributed by atoms with E-state index < -0.39 is 11.1 Å². The summed E-state index contributed by atoms with van der Waals surface area (Å²) in [5.41, 5.74) is 2.00. The van der Waals surface area contributed by atoms with Crippen molar-refractivity contribution in [3.8, 4) is 11.1 Å². The van der Waals surface area contributed by atoms with Crippen LogP contribution in [-0.2, 0) is 11.1 Å². The van der Waals surface area contributed by atoms with Gasteiger partial charge >= 0.3 is 0 Å². The Bertz CT molecular complexity index is 448. The van der Waals surface area contributed by atoms with Crippen LogP contribution in [0.2, 0.25) is 0 Å². The summed E-state index contributed by atoms with van der Waals surface area (Å²) < 4.78 is 21.7. The monoisotopic (exact) mass is 223 g/mol. The summed E-state index contributed by atoms with van der Waals surface area (Å²) in [6.45, 7) is 0. The Morgan fingerprint density at radius 3 is 2.43 bits per heavy atom. The first-order valence-electron chi connectivity index (χ1n) is 4.00. The van der Waals surface area contributed by atoms with Gasteiger partial charge in [0.2, 0.25) is 0 Å². The summed E-state index contributed by atoms with van der Waals surface area (Å²) in [6, 6.07) is 11.4. The topological polar surface area (TPSA) is 40.1 Å². The Hall–Kier alpha value is -0.970. The van der Waals surface area contributed by atoms with Gasteiger partial charge in [-0.25, -0.2) is 0 Å². The molecule has 1 unspecified atom stereocenters. The number of benzene rings is 1. The van der Waals surface area contributed by atoms with E-state index in [1.54, 1.807) is 6.07 Å². The zero-order valence-corrected chi connectivity index (χ0v) is 8.81. The number of thiophene rings is 1. The van der Waals surface area contributed by atoms with Gasteiger partial charge in [-0.2, -0.15) is 0 Å². The zero-order valence-electron chi connectivity index (χ0n) is 7.17. The van der Waals surface area contributed by atoms with E-state index in [-0.39, 0.29) is 0 Å². The van der Waals surface area contributed by atoms with Gasteiger partial charge in [0.25, 0.3) is 0 Å². The molecule has 0 aliphatic carbocycles. The third-order valence-electron chi connectivity index (χ3n) is 1.85. The van der Waals surface area contributed by atoms with Crippen molar-refractivity contribution in [3.63, 3.8) is 0 Å². The molecule has 1 aromatic carbocycles. The fraction of sp³-hybridized carbons (Fsp3) is 0. The van der Waals surface area contributed by atoms with Crippen LogP contribution in [0.15, 0.2) is 46.0 Å². The van der Waals surface area contributed by atoms with Crippen LogP contribution in [0.5, 0.6) is 0 Å². The fourth-order valence-electron chi connectivity index (χ4n) is 1.19. The molecule has 0 aliphatic rings. The van der Waals surface area contributed by atoms with Gasteiger partial charge in [-0.05, 0) is 33.7 Å². The van der Waals surface area contributed by atoms with E-state index >= 15 is 0 Å². The zero-order chi connectivity index (χ0) is 9.97. The van der Waals surface area contributed by atoms with E-state index in [4.69, 9.17) is 0 Å². The molecule has 1 heterocycles. The van der Waals surface area contributed by atoms with Crippen molar-refractivity contribution in [1.82, 2.24) is 0 Å². The van der Waals surface area contributed by atoms with Crippen molar-refractivity contribution in [3.05, 3.63) is 41.8 Å². The molecule has 0 fully saturated rings. The fourth-order valence-corrected chi connectivity index (χ4v) is 2.51. The molecule has 0 saturated carbocycles. The molecular weight excluding hydrogens is 216 g/mol. The maximum Gasteiger partial charge on any atom is 0.0778 e. The number of rotatable bonds is 2. The third kappa shape index (κ3) is 1.92. The lowest BCUT2D eigenvalue weighted by molar-refractivity contribution is 0.539. The van der Waals surface area contributed by atoms with Crippen LogP contribution in [0.1, 0.15) is 0 Å². The van der Waals surface area contributed by atoms with Crippen LogP contribution in [-0.4, -0.2) is 8.76 Å². The molecule has 0 N–H and O–H groups in total. The Balaban J connectivity index is 2.39. The number of hydrogen-bond donors (Lipinski definition) is 0. The molecule has 4 heteroatoms. The van der Waals surface area contributed by atoms with E-state index in [0.717, 1.165) is 11.1 Å². The van der Waals surface area contributed by atoms with Gasteiger partial charge in [-0.15, -0.1) is 11.3 Å². The molecule has 1 aromatic heterocycles. The summed E-state index contributed by atoms with van der Waals surface area (Å²) >= 11 is -0.874. The summed E-state index contributed by atoms with van der Waals surface area (Å²) in [6.07, 6.45) is 0. The first-order chi connectivity index (χ1) is 6.77. The second kappa shape index (κ2) is 4.04. The lowest BCUT2D eigenvalue weighted by atomic mass is 10.1. The Morgan fingerprint density at radius 2 is 1.86 bits per heavy atom. The Morgan fingerprint density at radius 1 is 1.14 bits per heavy atom. The Kier molecular flexibility index (Phi) is 2.77. The molecule has 2 aromatic rings. The predicted octanol–water partition coefficient (Wildman–Crippen LogP) is 2.65. The highest BCUT2D eigenvalue weighted by molar-refractivity contribution is 7.81. The molecule has 0 aliphatic heterocycles. The van der Waals surface area contributed by atoms with Gasteiger partial charge in [0.1, 0.15) is 0 Å². The lowest BCUT2D eigenvalue weighted by Gasteiger charge is -1.98. The minimum atomic E-state index is -2.11. The SMILES string of the molecule is O=S([O-])c1cc(-c2ccccc2)cs1. The normalized spacial score (nSPS) is 12.6. The second-order valence-electron chi connectivity index (χ2n) is 2.76. The smallest absolute Gasteiger partial charge is 0.0778 e. The highest BCUT2D eigenvalue weighted by Gasteiger charge is 2.01. The maximum absolute atomic E-state index is 10.7. The van der Waals surface area contributed by atoms with Crippen LogP contribution in [0.25, 0.3) is 11.1 Å². The first-order valence-corrected chi connectivity index (χ1v) is 5.96. The van der Waals surface area contributed by atoms with Crippen molar-refractivity contribution in [2.24, 2.45) is 0 Å². The van der Waals surface area contributed by atoms with Crippen LogP contribution in [0, 0.1) is 0 Å². The molecular formula is C10H7O2S2-. The minimum absolute atomic E-state index is 0.379. The predicted molar refractivity (Wildman–Crippen MR) is 56.9 cm³/mol. The molecule has 72 valence electrons. The van der Waals surface area contributed by atoms with E-state index in [2.05, 4.69) is 0 Å². The lowest BCUT2D eigenvalue weighted by Crippen LogP contribution is -1.81. The first kappa shape index (κ1) is 9.58. The molecule has 2 rings (SSSR count). The molecule has 0 bridgehead atoms. The molecule has 0 saturated heterocycles. The third-order valence-corrected chi connectivity index (χ3v) is 3.71. The van der Waals surface area contributed by atoms with Crippen molar-refractivity contribution >= 4 is 22.4 Å². The van der Waals surface area contributed by atoms with Crippen LogP contribution < -0.4 is 0 Å². The summed E-state index contributed by atoms with van der Waals surface area (Å²) in [7, 11) is 0. The van der Waals surface area contributed by atoms with Gasteiger partial charge < -0.3 is 4.55 Å². The molecule has 14 heavy (non-hydrogen) atoms. The van der Waals surface area contributed by atoms with Gasteiger partial charge in [-0.3, -0.25) is 4.21 Å². The molecule has 0 amide bonds. The van der Waals surface area contributed by atoms with E-state index in [1.165, 1.54) is 11.3 Å². The van der Waals surface area contributed by atoms with Crippen molar-refractivity contribution in [2.45, 2.75) is 4.21 Å². The summed E-state index contributed by atoms with van der Waals surface area (Å²) in [5, 5.41) is 1.85. The minimum Gasteiger partial charge on any atom is -0.768 e. The highest BCUT2D eigenvalue weighted by atomic mass is 32.2. The van der Waals surface area contributed by atoms with E-state index in [9.17, 15) is 8.76 Å². The standard InChI is InChI=1S/C10H8O2S2/c11-14(12)10-6-9(7-13-10)8-4-2-1-3-5-8/h1-7H,(H,11,12)/p-1. The van der Waals surface area contributed by atoms with Crippen molar-refractivity contribution in [2.75, 3.05) is 0 Å². The van der Waals surface area contributed by atoms with Crippen molar-refractivity contribution in [1.29, 1.82) is 0 Å². The molecule has 0 spiro atoms. The van der Waals surface area contributed by atoms with Gasteiger partial charge in [0.15, 0.2) is 0 Å². The summed E-state index contributed by atoms with van der Waals surface area (Å²) in [5.74, 6) is 0. The maximum atomic E-state index is 10.7. The van der Waals surface area contributed by atoms with Crippen LogP contribution in [0.4, 0.5) is 0 Å². The van der Waals surface area contributed by atoms with Gasteiger partial charge in [0.05, 0.1) is 4.21 Å². The van der Waals surface area contributed by atoms with Crippen LogP contribution in [0.3, 0.4) is 0 Å². The molecule has 0 radical (unpaired) electrons.